The van der Waals surface area contributed by atoms with Crippen LogP contribution in [0.1, 0.15) is 11.3 Å². The SMILES string of the molecule is Cc1nc(-c2ccc(OC(F)F)cc2)nc(N)c1C. The van der Waals surface area contributed by atoms with E-state index in [4.69, 9.17) is 5.73 Å². The molecule has 4 nitrogen and oxygen atoms in total. The fraction of sp³-hybridized carbons (Fsp3) is 0.231. The first-order valence-electron chi connectivity index (χ1n) is 5.63. The van der Waals surface area contributed by atoms with Crippen LogP contribution in [-0.4, -0.2) is 16.6 Å². The Hall–Kier alpha value is -2.24. The third-order valence-corrected chi connectivity index (χ3v) is 2.76. The second kappa shape index (κ2) is 5.17. The van der Waals surface area contributed by atoms with E-state index in [0.29, 0.717) is 17.2 Å². The molecule has 0 saturated carbocycles. The summed E-state index contributed by atoms with van der Waals surface area (Å²) in [5, 5.41) is 0. The van der Waals surface area contributed by atoms with Crippen molar-refractivity contribution < 1.29 is 13.5 Å². The van der Waals surface area contributed by atoms with E-state index in [9.17, 15) is 8.78 Å². The number of ether oxygens (including phenoxy) is 1. The molecule has 0 fully saturated rings. The molecule has 0 spiro atoms. The summed E-state index contributed by atoms with van der Waals surface area (Å²) in [5.74, 6) is 0.968. The van der Waals surface area contributed by atoms with Crippen LogP contribution in [0.3, 0.4) is 0 Å². The van der Waals surface area contributed by atoms with Crippen LogP contribution in [0.5, 0.6) is 5.75 Å². The van der Waals surface area contributed by atoms with Gasteiger partial charge in [0, 0.05) is 16.8 Å². The van der Waals surface area contributed by atoms with Crippen molar-refractivity contribution in [2.75, 3.05) is 5.73 Å². The molecule has 2 N–H and O–H groups in total. The van der Waals surface area contributed by atoms with Gasteiger partial charge in [-0.1, -0.05) is 0 Å². The Labute approximate surface area is 109 Å². The molecular weight excluding hydrogens is 252 g/mol. The standard InChI is InChI=1S/C13H13F2N3O/c1-7-8(2)17-12(18-11(7)16)9-3-5-10(6-4-9)19-13(14)15/h3-6,13H,1-2H3,(H2,16,17,18). The highest BCUT2D eigenvalue weighted by molar-refractivity contribution is 5.59. The van der Waals surface area contributed by atoms with Crippen LogP contribution in [0.2, 0.25) is 0 Å². The summed E-state index contributed by atoms with van der Waals surface area (Å²) in [6.45, 7) is 0.846. The first-order chi connectivity index (χ1) is 8.97. The van der Waals surface area contributed by atoms with Crippen molar-refractivity contribution in [3.05, 3.63) is 35.5 Å². The average Bonchev–Trinajstić information content (AvgIpc) is 2.35. The molecule has 0 saturated heterocycles. The molecule has 2 rings (SSSR count). The predicted octanol–water partition coefficient (Wildman–Crippen LogP) is 2.94. The lowest BCUT2D eigenvalue weighted by molar-refractivity contribution is -0.0498. The first kappa shape index (κ1) is 13.2. The van der Waals surface area contributed by atoms with Crippen molar-refractivity contribution in [3.63, 3.8) is 0 Å². The molecule has 0 atom stereocenters. The van der Waals surface area contributed by atoms with Gasteiger partial charge in [0.15, 0.2) is 5.82 Å². The van der Waals surface area contributed by atoms with Gasteiger partial charge in [0.1, 0.15) is 11.6 Å². The van der Waals surface area contributed by atoms with Crippen molar-refractivity contribution in [2.45, 2.75) is 20.5 Å². The Kier molecular flexibility index (Phi) is 3.59. The highest BCUT2D eigenvalue weighted by atomic mass is 19.3. The van der Waals surface area contributed by atoms with E-state index >= 15 is 0 Å². The van der Waals surface area contributed by atoms with E-state index in [-0.39, 0.29) is 5.75 Å². The molecule has 1 heterocycles. The van der Waals surface area contributed by atoms with Gasteiger partial charge in [-0.15, -0.1) is 0 Å². The van der Waals surface area contributed by atoms with Crippen LogP contribution in [0.4, 0.5) is 14.6 Å². The molecule has 0 bridgehead atoms. The number of hydrogen-bond donors (Lipinski definition) is 1. The molecular formula is C13H13F2N3O. The minimum atomic E-state index is -2.83. The maximum atomic E-state index is 12.0. The minimum Gasteiger partial charge on any atom is -0.435 e. The lowest BCUT2D eigenvalue weighted by Gasteiger charge is -2.08. The number of halogens is 2. The molecule has 2 aromatic rings. The van der Waals surface area contributed by atoms with Crippen molar-refractivity contribution in [1.29, 1.82) is 0 Å². The molecule has 0 aliphatic rings. The van der Waals surface area contributed by atoms with Gasteiger partial charge in [0.05, 0.1) is 0 Å². The predicted molar refractivity (Wildman–Crippen MR) is 68.0 cm³/mol. The monoisotopic (exact) mass is 265 g/mol. The molecule has 0 aliphatic heterocycles. The second-order valence-corrected chi connectivity index (χ2v) is 4.05. The summed E-state index contributed by atoms with van der Waals surface area (Å²) >= 11 is 0. The fourth-order valence-corrected chi connectivity index (χ4v) is 1.57. The van der Waals surface area contributed by atoms with Gasteiger partial charge in [-0.25, -0.2) is 9.97 Å². The van der Waals surface area contributed by atoms with Crippen LogP contribution in [0.25, 0.3) is 11.4 Å². The Morgan fingerprint density at radius 2 is 1.74 bits per heavy atom. The number of aryl methyl sites for hydroxylation is 1. The number of nitrogens with zero attached hydrogens (tertiary/aromatic N) is 2. The second-order valence-electron chi connectivity index (χ2n) is 4.05. The smallest absolute Gasteiger partial charge is 0.387 e. The molecule has 6 heteroatoms. The van der Waals surface area contributed by atoms with E-state index in [1.807, 2.05) is 13.8 Å². The molecule has 100 valence electrons. The van der Waals surface area contributed by atoms with Gasteiger partial charge >= 0.3 is 6.61 Å². The number of hydrogen-bond acceptors (Lipinski definition) is 4. The van der Waals surface area contributed by atoms with Crippen LogP contribution >= 0.6 is 0 Å². The normalized spacial score (nSPS) is 10.8. The van der Waals surface area contributed by atoms with E-state index < -0.39 is 6.61 Å². The minimum absolute atomic E-state index is 0.0931. The summed E-state index contributed by atoms with van der Waals surface area (Å²) in [6, 6.07) is 6.11. The maximum absolute atomic E-state index is 12.0. The highest BCUT2D eigenvalue weighted by Crippen LogP contribution is 2.23. The van der Waals surface area contributed by atoms with Crippen LogP contribution in [0, 0.1) is 13.8 Å². The zero-order chi connectivity index (χ0) is 14.0. The Morgan fingerprint density at radius 3 is 2.26 bits per heavy atom. The molecule has 1 aromatic carbocycles. The number of nitrogen functional groups attached to an aromatic ring is 1. The first-order valence-corrected chi connectivity index (χ1v) is 5.63. The Bertz CT molecular complexity index is 562. The third-order valence-electron chi connectivity index (χ3n) is 2.76. The summed E-state index contributed by atoms with van der Waals surface area (Å²) in [7, 11) is 0. The zero-order valence-electron chi connectivity index (χ0n) is 10.5. The van der Waals surface area contributed by atoms with Crippen molar-refractivity contribution >= 4 is 5.82 Å². The summed E-state index contributed by atoms with van der Waals surface area (Å²) in [4.78, 5) is 8.49. The van der Waals surface area contributed by atoms with E-state index in [2.05, 4.69) is 14.7 Å². The Balaban J connectivity index is 2.32. The zero-order valence-corrected chi connectivity index (χ0v) is 10.5. The highest BCUT2D eigenvalue weighted by Gasteiger charge is 2.08. The molecule has 0 unspecified atom stereocenters. The number of anilines is 1. The summed E-state index contributed by atoms with van der Waals surface area (Å²) in [6.07, 6.45) is 0. The van der Waals surface area contributed by atoms with Gasteiger partial charge in [-0.05, 0) is 38.1 Å². The average molecular weight is 265 g/mol. The number of benzene rings is 1. The van der Waals surface area contributed by atoms with Crippen molar-refractivity contribution in [2.24, 2.45) is 0 Å². The van der Waals surface area contributed by atoms with Gasteiger partial charge in [0.2, 0.25) is 0 Å². The summed E-state index contributed by atoms with van der Waals surface area (Å²) in [5.41, 5.74) is 8.09. The number of alkyl halides is 2. The van der Waals surface area contributed by atoms with Gasteiger partial charge in [-0.2, -0.15) is 8.78 Å². The molecule has 19 heavy (non-hydrogen) atoms. The largest absolute Gasteiger partial charge is 0.435 e. The molecule has 0 amide bonds. The lowest BCUT2D eigenvalue weighted by atomic mass is 10.2. The van der Waals surface area contributed by atoms with Gasteiger partial charge in [-0.3, -0.25) is 0 Å². The van der Waals surface area contributed by atoms with Gasteiger partial charge < -0.3 is 10.5 Å². The fourth-order valence-electron chi connectivity index (χ4n) is 1.57. The summed E-state index contributed by atoms with van der Waals surface area (Å²) < 4.78 is 28.3. The van der Waals surface area contributed by atoms with E-state index in [0.717, 1.165) is 11.3 Å². The Morgan fingerprint density at radius 1 is 1.11 bits per heavy atom. The topological polar surface area (TPSA) is 61.0 Å². The quantitative estimate of drug-likeness (QED) is 0.926. The van der Waals surface area contributed by atoms with Crippen molar-refractivity contribution in [3.8, 4) is 17.1 Å². The van der Waals surface area contributed by atoms with Gasteiger partial charge in [0.25, 0.3) is 0 Å². The van der Waals surface area contributed by atoms with E-state index in [1.165, 1.54) is 12.1 Å². The molecule has 0 aliphatic carbocycles. The van der Waals surface area contributed by atoms with Crippen molar-refractivity contribution in [1.82, 2.24) is 9.97 Å². The molecule has 0 radical (unpaired) electrons. The number of rotatable bonds is 3. The van der Waals surface area contributed by atoms with Crippen LogP contribution < -0.4 is 10.5 Å². The maximum Gasteiger partial charge on any atom is 0.387 e. The lowest BCUT2D eigenvalue weighted by Crippen LogP contribution is -2.03. The number of aromatic nitrogens is 2. The van der Waals surface area contributed by atoms with Crippen LogP contribution in [-0.2, 0) is 0 Å². The molecule has 1 aromatic heterocycles. The number of nitrogens with two attached hydrogens (primary N) is 1. The third kappa shape index (κ3) is 2.96. The van der Waals surface area contributed by atoms with Crippen LogP contribution in [0.15, 0.2) is 24.3 Å². The van der Waals surface area contributed by atoms with E-state index in [1.54, 1.807) is 12.1 Å².